The quantitative estimate of drug-likeness (QED) is 0.734. The normalized spacial score (nSPS) is 17.5. The molecule has 0 spiro atoms. The molecule has 4 nitrogen and oxygen atoms in total. The molecule has 1 aliphatic heterocycles. The van der Waals surface area contributed by atoms with Crippen LogP contribution in [0.4, 0.5) is 15.2 Å². The molecule has 1 saturated heterocycles. The molecular weight excluding hydrogens is 349 g/mol. The number of anilines is 2. The third kappa shape index (κ3) is 3.55. The molecule has 1 unspecified atom stereocenters. The van der Waals surface area contributed by atoms with Crippen LogP contribution in [0, 0.1) is 18.7 Å². The van der Waals surface area contributed by atoms with E-state index in [2.05, 4.69) is 15.2 Å². The van der Waals surface area contributed by atoms with E-state index in [1.807, 2.05) is 31.2 Å². The topological polar surface area (TPSA) is 45.2 Å². The molecule has 0 saturated carbocycles. The highest BCUT2D eigenvalue weighted by Crippen LogP contribution is 2.32. The van der Waals surface area contributed by atoms with Gasteiger partial charge in [-0.3, -0.25) is 4.79 Å². The van der Waals surface area contributed by atoms with Crippen molar-refractivity contribution in [1.29, 1.82) is 0 Å². The van der Waals surface area contributed by atoms with Gasteiger partial charge in [0.05, 0.1) is 16.1 Å². The van der Waals surface area contributed by atoms with E-state index in [-0.39, 0.29) is 17.6 Å². The lowest BCUT2D eigenvalue weighted by atomic mass is 9.97. The van der Waals surface area contributed by atoms with Gasteiger partial charge in [-0.1, -0.05) is 29.0 Å². The number of fused-ring (bicyclic) bond motifs is 1. The average Bonchev–Trinajstić information content (AvgIpc) is 3.07. The molecule has 26 heavy (non-hydrogen) atoms. The van der Waals surface area contributed by atoms with E-state index in [0.717, 1.165) is 40.4 Å². The van der Waals surface area contributed by atoms with Gasteiger partial charge in [-0.25, -0.2) is 9.37 Å². The summed E-state index contributed by atoms with van der Waals surface area (Å²) in [5.74, 6) is -0.277. The molecule has 1 aliphatic rings. The largest absolute Gasteiger partial charge is 0.347 e. The van der Waals surface area contributed by atoms with Gasteiger partial charge in [0.15, 0.2) is 5.13 Å². The molecule has 4 rings (SSSR count). The van der Waals surface area contributed by atoms with Crippen LogP contribution in [0.1, 0.15) is 18.4 Å². The van der Waals surface area contributed by atoms with E-state index < -0.39 is 0 Å². The second-order valence-electron chi connectivity index (χ2n) is 6.75. The van der Waals surface area contributed by atoms with Crippen LogP contribution < -0.4 is 10.2 Å². The number of piperidine rings is 1. The highest BCUT2D eigenvalue weighted by molar-refractivity contribution is 7.22. The number of nitrogens with one attached hydrogen (secondary N) is 1. The minimum Gasteiger partial charge on any atom is -0.347 e. The van der Waals surface area contributed by atoms with Gasteiger partial charge >= 0.3 is 0 Å². The second kappa shape index (κ2) is 7.03. The van der Waals surface area contributed by atoms with Gasteiger partial charge < -0.3 is 10.2 Å². The molecule has 1 fully saturated rings. The van der Waals surface area contributed by atoms with Crippen molar-refractivity contribution in [3.63, 3.8) is 0 Å². The van der Waals surface area contributed by atoms with E-state index in [1.165, 1.54) is 29.0 Å². The Hall–Kier alpha value is -2.47. The predicted molar refractivity (Wildman–Crippen MR) is 104 cm³/mol. The van der Waals surface area contributed by atoms with Crippen LogP contribution in [0.5, 0.6) is 0 Å². The molecule has 1 N–H and O–H groups in total. The molecule has 1 aromatic heterocycles. The first-order chi connectivity index (χ1) is 12.6. The van der Waals surface area contributed by atoms with Crippen molar-refractivity contribution in [1.82, 2.24) is 4.98 Å². The molecule has 6 heteroatoms. The Bertz CT molecular complexity index is 938. The van der Waals surface area contributed by atoms with Crippen LogP contribution in [0.15, 0.2) is 42.5 Å². The fourth-order valence-electron chi connectivity index (χ4n) is 3.27. The van der Waals surface area contributed by atoms with Gasteiger partial charge in [0.1, 0.15) is 5.82 Å². The minimum atomic E-state index is -0.248. The van der Waals surface area contributed by atoms with Crippen molar-refractivity contribution >= 4 is 38.3 Å². The number of carbonyl (C=O) groups excluding carboxylic acids is 1. The zero-order valence-corrected chi connectivity index (χ0v) is 15.4. The number of hydrogen-bond acceptors (Lipinski definition) is 4. The Morgan fingerprint density at radius 3 is 2.88 bits per heavy atom. The standard InChI is InChI=1S/C20H20FN3OS/c1-13-4-7-16(8-5-13)22-19(25)14-3-2-10-24(12-14)20-23-17-9-6-15(21)11-18(17)26-20/h4-9,11,14H,2-3,10,12H2,1H3,(H,22,25). The summed E-state index contributed by atoms with van der Waals surface area (Å²) in [6.07, 6.45) is 1.81. The Balaban J connectivity index is 1.47. The number of thiazole rings is 1. The van der Waals surface area contributed by atoms with Gasteiger partial charge in [-0.05, 0) is 50.1 Å². The number of amides is 1. The number of halogens is 1. The molecule has 3 aromatic rings. The maximum Gasteiger partial charge on any atom is 0.229 e. The summed E-state index contributed by atoms with van der Waals surface area (Å²) < 4.78 is 14.2. The smallest absolute Gasteiger partial charge is 0.229 e. The molecule has 2 aromatic carbocycles. The summed E-state index contributed by atoms with van der Waals surface area (Å²) >= 11 is 1.48. The number of nitrogens with zero attached hydrogens (tertiary/aromatic N) is 2. The SMILES string of the molecule is Cc1ccc(NC(=O)C2CCCN(c3nc4ccc(F)cc4s3)C2)cc1. The van der Waals surface area contributed by atoms with E-state index in [1.54, 1.807) is 6.07 Å². The van der Waals surface area contributed by atoms with E-state index >= 15 is 0 Å². The number of carbonyl (C=O) groups is 1. The van der Waals surface area contributed by atoms with E-state index in [4.69, 9.17) is 0 Å². The molecule has 1 atom stereocenters. The zero-order valence-electron chi connectivity index (χ0n) is 14.5. The van der Waals surface area contributed by atoms with Crippen LogP contribution in [-0.4, -0.2) is 24.0 Å². The third-order valence-corrected chi connectivity index (χ3v) is 5.80. The average molecular weight is 369 g/mol. The number of aromatic nitrogens is 1. The van der Waals surface area contributed by atoms with Crippen molar-refractivity contribution in [2.75, 3.05) is 23.3 Å². The lowest BCUT2D eigenvalue weighted by Crippen LogP contribution is -2.40. The third-order valence-electron chi connectivity index (χ3n) is 4.72. The van der Waals surface area contributed by atoms with Gasteiger partial charge in [-0.2, -0.15) is 0 Å². The second-order valence-corrected chi connectivity index (χ2v) is 7.76. The summed E-state index contributed by atoms with van der Waals surface area (Å²) in [6, 6.07) is 12.5. The molecule has 134 valence electrons. The highest BCUT2D eigenvalue weighted by atomic mass is 32.1. The number of hydrogen-bond donors (Lipinski definition) is 1. The highest BCUT2D eigenvalue weighted by Gasteiger charge is 2.27. The lowest BCUT2D eigenvalue weighted by Gasteiger charge is -2.31. The fraction of sp³-hybridized carbons (Fsp3) is 0.300. The van der Waals surface area contributed by atoms with Crippen LogP contribution in [0.3, 0.4) is 0 Å². The lowest BCUT2D eigenvalue weighted by molar-refractivity contribution is -0.120. The van der Waals surface area contributed by atoms with Crippen LogP contribution >= 0.6 is 11.3 Å². The van der Waals surface area contributed by atoms with Gasteiger partial charge in [0.2, 0.25) is 5.91 Å². The summed E-state index contributed by atoms with van der Waals surface area (Å²) in [4.78, 5) is 19.4. The molecule has 1 amide bonds. The fourth-order valence-corrected chi connectivity index (χ4v) is 4.29. The van der Waals surface area contributed by atoms with Crippen molar-refractivity contribution in [2.45, 2.75) is 19.8 Å². The summed E-state index contributed by atoms with van der Waals surface area (Å²) in [6.45, 7) is 3.53. The summed E-state index contributed by atoms with van der Waals surface area (Å²) in [7, 11) is 0. The van der Waals surface area contributed by atoms with Crippen LogP contribution in [0.2, 0.25) is 0 Å². The Labute approximate surface area is 155 Å². The maximum atomic E-state index is 13.4. The van der Waals surface area contributed by atoms with Gasteiger partial charge in [-0.15, -0.1) is 0 Å². The zero-order chi connectivity index (χ0) is 18.1. The van der Waals surface area contributed by atoms with Gasteiger partial charge in [0.25, 0.3) is 0 Å². The number of rotatable bonds is 3. The Morgan fingerprint density at radius 2 is 2.08 bits per heavy atom. The molecular formula is C20H20FN3OS. The van der Waals surface area contributed by atoms with Crippen LogP contribution in [0.25, 0.3) is 10.2 Å². The van der Waals surface area contributed by atoms with Crippen molar-refractivity contribution in [3.05, 3.63) is 53.8 Å². The number of benzene rings is 2. The monoisotopic (exact) mass is 369 g/mol. The van der Waals surface area contributed by atoms with E-state index in [9.17, 15) is 9.18 Å². The Morgan fingerprint density at radius 1 is 1.27 bits per heavy atom. The first-order valence-electron chi connectivity index (χ1n) is 8.77. The minimum absolute atomic E-state index is 0.0470. The first kappa shape index (κ1) is 17.0. The molecule has 0 bridgehead atoms. The molecule has 2 heterocycles. The molecule has 0 aliphatic carbocycles. The van der Waals surface area contributed by atoms with Crippen molar-refractivity contribution in [2.24, 2.45) is 5.92 Å². The predicted octanol–water partition coefficient (Wildman–Crippen LogP) is 4.60. The molecule has 0 radical (unpaired) electrons. The van der Waals surface area contributed by atoms with Crippen LogP contribution in [-0.2, 0) is 4.79 Å². The summed E-state index contributed by atoms with van der Waals surface area (Å²) in [5.41, 5.74) is 2.80. The van der Waals surface area contributed by atoms with Gasteiger partial charge in [0, 0.05) is 18.8 Å². The maximum absolute atomic E-state index is 13.4. The first-order valence-corrected chi connectivity index (χ1v) is 9.59. The summed E-state index contributed by atoms with van der Waals surface area (Å²) in [5, 5.41) is 3.87. The Kier molecular flexibility index (Phi) is 4.59. The van der Waals surface area contributed by atoms with Crippen molar-refractivity contribution < 1.29 is 9.18 Å². The van der Waals surface area contributed by atoms with E-state index in [0.29, 0.717) is 6.54 Å². The number of aryl methyl sites for hydroxylation is 1. The van der Waals surface area contributed by atoms with Crippen molar-refractivity contribution in [3.8, 4) is 0 Å².